The predicted molar refractivity (Wildman–Crippen MR) is 365 cm³/mol. The molecule has 0 amide bonds. The van der Waals surface area contributed by atoms with Gasteiger partial charge < -0.3 is 52.1 Å². The highest BCUT2D eigenvalue weighted by Crippen LogP contribution is 2.46. The van der Waals surface area contributed by atoms with Gasteiger partial charge in [0, 0.05) is 29.4 Å². The number of rotatable bonds is 46. The van der Waals surface area contributed by atoms with E-state index in [1.165, 1.54) is 19.3 Å². The van der Waals surface area contributed by atoms with Gasteiger partial charge in [0.25, 0.3) is 0 Å². The third-order valence-electron chi connectivity index (χ3n) is 14.2. The normalized spacial score (nSPS) is 12.0. The molecular formula is C74H118O16. The van der Waals surface area contributed by atoms with Gasteiger partial charge in [0.1, 0.15) is 11.5 Å². The summed E-state index contributed by atoms with van der Waals surface area (Å²) in [7, 11) is 1.44. The molecule has 4 rings (SSSR count). The monoisotopic (exact) mass is 1260 g/mol. The standard InChI is InChI=1S/C64H92O14.C6H10O2.4CH4/c1-8-14-18-22-45-72-60-51(30-38-55(62(60)74-47-24-20-16-10-3)69-42-26-28-44-71-57(65)13-6)32-40-58(66)77-53-34-36-54(37-35-53)78-59(67)41-33-52-31-39-56(70-43-27-29-49-76-64(68)50(7)12-5)63(75-48-25-21-17-11-4)61(52)73-46-23-19-15-9-2;1-6(3-4-6)5(7)8-2;;;;/h13,30-41,50H,6,8-12,14-29,42-49H2,1-5,7H3;3-4H2,1-2H3;4*1H4/b40-32+,41-33+;;;;;. The van der Waals surface area contributed by atoms with Gasteiger partial charge in [0.15, 0.2) is 23.0 Å². The maximum Gasteiger partial charge on any atom is 0.336 e. The molecule has 1 unspecified atom stereocenters. The van der Waals surface area contributed by atoms with E-state index < -0.39 is 17.9 Å². The molecule has 1 fully saturated rings. The van der Waals surface area contributed by atoms with Crippen LogP contribution >= 0.6 is 0 Å². The Kier molecular flexibility index (Phi) is 48.9. The number of benzene rings is 3. The highest BCUT2D eigenvalue weighted by Gasteiger charge is 2.46. The van der Waals surface area contributed by atoms with Crippen molar-refractivity contribution >= 4 is 42.0 Å². The van der Waals surface area contributed by atoms with Crippen molar-refractivity contribution in [2.24, 2.45) is 11.3 Å². The van der Waals surface area contributed by atoms with E-state index in [1.807, 2.05) is 39.0 Å². The zero-order chi connectivity index (χ0) is 62.6. The van der Waals surface area contributed by atoms with E-state index in [4.69, 9.17) is 47.4 Å². The van der Waals surface area contributed by atoms with Crippen LogP contribution in [0.3, 0.4) is 0 Å². The second-order valence-corrected chi connectivity index (χ2v) is 21.8. The van der Waals surface area contributed by atoms with Crippen molar-refractivity contribution in [3.63, 3.8) is 0 Å². The summed E-state index contributed by atoms with van der Waals surface area (Å²) in [4.78, 5) is 60.8. The van der Waals surface area contributed by atoms with Gasteiger partial charge in [0.2, 0.25) is 11.5 Å². The zero-order valence-electron chi connectivity index (χ0n) is 53.2. The van der Waals surface area contributed by atoms with Crippen molar-refractivity contribution in [3.05, 3.63) is 84.5 Å². The second kappa shape index (κ2) is 51.7. The largest absolute Gasteiger partial charge is 0.490 e. The molecule has 0 radical (unpaired) electrons. The first-order valence-electron chi connectivity index (χ1n) is 31.8. The van der Waals surface area contributed by atoms with E-state index in [0.29, 0.717) is 118 Å². The van der Waals surface area contributed by atoms with Gasteiger partial charge in [-0.2, -0.15) is 0 Å². The lowest BCUT2D eigenvalue weighted by molar-refractivity contribution is -0.148. The summed E-state index contributed by atoms with van der Waals surface area (Å²) in [6.07, 6.45) is 28.7. The van der Waals surface area contributed by atoms with Crippen molar-refractivity contribution in [1.29, 1.82) is 0 Å². The molecule has 0 N–H and O–H groups in total. The fourth-order valence-electron chi connectivity index (χ4n) is 8.31. The maximum atomic E-state index is 13.3. The van der Waals surface area contributed by atoms with E-state index in [1.54, 1.807) is 42.5 Å². The SMILES string of the molecule is C.C.C.C.C=CC(=O)OCCCCOc1ccc(/C=C/C(=O)Oc2ccc(OC(=O)/C=C/c3ccc(OCCCCOC(=O)C(C)CC)c(OCCCCCC)c3OCCCCCC)cc2)c(OCCCCCC)c1OCCCCCC.COC(=O)C1(C)CC1. The van der Waals surface area contributed by atoms with Crippen LogP contribution in [0, 0.1) is 11.3 Å². The molecule has 1 atom stereocenters. The van der Waals surface area contributed by atoms with Gasteiger partial charge in [-0.15, -0.1) is 0 Å². The van der Waals surface area contributed by atoms with Crippen molar-refractivity contribution < 1.29 is 76.1 Å². The Morgan fingerprint density at radius 3 is 1.13 bits per heavy atom. The van der Waals surface area contributed by atoms with Gasteiger partial charge in [-0.05, 0) is 138 Å². The third-order valence-corrected chi connectivity index (χ3v) is 14.2. The lowest BCUT2D eigenvalue weighted by atomic mass is 10.1. The topological polar surface area (TPSA) is 187 Å². The number of ether oxygens (including phenoxy) is 11. The molecular weight excluding hydrogens is 1140 g/mol. The molecule has 0 heterocycles. The highest BCUT2D eigenvalue weighted by atomic mass is 16.6. The fourth-order valence-corrected chi connectivity index (χ4v) is 8.31. The molecule has 0 spiro atoms. The Balaban J connectivity index is 0. The Morgan fingerprint density at radius 2 is 0.800 bits per heavy atom. The molecule has 16 nitrogen and oxygen atoms in total. The molecule has 0 saturated heterocycles. The second-order valence-electron chi connectivity index (χ2n) is 21.8. The van der Waals surface area contributed by atoms with E-state index >= 15 is 0 Å². The van der Waals surface area contributed by atoms with Crippen molar-refractivity contribution in [2.75, 3.05) is 60.0 Å². The summed E-state index contributed by atoms with van der Waals surface area (Å²) in [6.45, 7) is 21.1. The Labute approximate surface area is 543 Å². The molecule has 0 aliphatic heterocycles. The molecule has 1 saturated carbocycles. The summed E-state index contributed by atoms with van der Waals surface area (Å²) in [6, 6.07) is 13.5. The Bertz CT molecular complexity index is 2490. The zero-order valence-corrected chi connectivity index (χ0v) is 53.2. The molecule has 90 heavy (non-hydrogen) atoms. The molecule has 16 heteroatoms. The number of hydrogen-bond donors (Lipinski definition) is 0. The molecule has 3 aromatic carbocycles. The highest BCUT2D eigenvalue weighted by molar-refractivity contribution is 5.91. The number of unbranched alkanes of at least 4 members (excludes halogenated alkanes) is 14. The molecule has 3 aromatic rings. The van der Waals surface area contributed by atoms with E-state index in [-0.39, 0.29) is 71.1 Å². The first-order chi connectivity index (χ1) is 41.8. The average molecular weight is 1260 g/mol. The number of carbonyl (C=O) groups is 5. The van der Waals surface area contributed by atoms with Crippen molar-refractivity contribution in [2.45, 2.75) is 226 Å². The van der Waals surface area contributed by atoms with E-state index in [9.17, 15) is 24.0 Å². The van der Waals surface area contributed by atoms with Crippen molar-refractivity contribution in [3.8, 4) is 46.0 Å². The Morgan fingerprint density at radius 1 is 0.456 bits per heavy atom. The minimum absolute atomic E-state index is 0. The summed E-state index contributed by atoms with van der Waals surface area (Å²) in [5.74, 6) is 1.42. The Hall–Kier alpha value is -6.97. The summed E-state index contributed by atoms with van der Waals surface area (Å²) < 4.78 is 64.5. The lowest BCUT2D eigenvalue weighted by Crippen LogP contribution is -2.15. The van der Waals surface area contributed by atoms with Gasteiger partial charge in [0.05, 0.1) is 71.3 Å². The van der Waals surface area contributed by atoms with Crippen LogP contribution in [0.2, 0.25) is 0 Å². The van der Waals surface area contributed by atoms with E-state index in [0.717, 1.165) is 128 Å². The summed E-state index contributed by atoms with van der Waals surface area (Å²) in [5, 5.41) is 0. The molecule has 510 valence electrons. The van der Waals surface area contributed by atoms with Crippen molar-refractivity contribution in [1.82, 2.24) is 0 Å². The van der Waals surface area contributed by atoms with Crippen LogP contribution in [0.15, 0.2) is 73.3 Å². The summed E-state index contributed by atoms with van der Waals surface area (Å²) in [5.41, 5.74) is 1.15. The fraction of sp³-hybridized carbons (Fsp3) is 0.608. The van der Waals surface area contributed by atoms with Crippen LogP contribution in [-0.2, 0) is 38.2 Å². The van der Waals surface area contributed by atoms with Crippen LogP contribution in [0.5, 0.6) is 46.0 Å². The van der Waals surface area contributed by atoms with Gasteiger partial charge >= 0.3 is 29.8 Å². The minimum Gasteiger partial charge on any atom is -0.490 e. The summed E-state index contributed by atoms with van der Waals surface area (Å²) >= 11 is 0. The number of methoxy groups -OCH3 is 1. The van der Waals surface area contributed by atoms with Gasteiger partial charge in [-0.25, -0.2) is 14.4 Å². The quantitative estimate of drug-likeness (QED) is 0.0171. The van der Waals surface area contributed by atoms with Gasteiger partial charge in [-0.1, -0.05) is 155 Å². The van der Waals surface area contributed by atoms with Gasteiger partial charge in [-0.3, -0.25) is 9.59 Å². The first kappa shape index (κ1) is 85.1. The van der Waals surface area contributed by atoms with Crippen LogP contribution in [0.1, 0.15) is 237 Å². The maximum absolute atomic E-state index is 13.3. The van der Waals surface area contributed by atoms with Crippen LogP contribution in [0.25, 0.3) is 12.2 Å². The lowest BCUT2D eigenvalue weighted by Gasteiger charge is -2.19. The molecule has 0 bridgehead atoms. The first-order valence-corrected chi connectivity index (χ1v) is 31.8. The predicted octanol–water partition coefficient (Wildman–Crippen LogP) is 18.9. The number of esters is 5. The number of hydrogen-bond acceptors (Lipinski definition) is 16. The van der Waals surface area contributed by atoms with Crippen LogP contribution < -0.4 is 37.9 Å². The smallest absolute Gasteiger partial charge is 0.336 e. The minimum atomic E-state index is -0.625. The van der Waals surface area contributed by atoms with Crippen LogP contribution in [-0.4, -0.2) is 89.8 Å². The average Bonchev–Trinajstić information content (AvgIpc) is 1.49. The number of carbonyl (C=O) groups excluding carboxylic acids is 5. The van der Waals surface area contributed by atoms with Crippen LogP contribution in [0.4, 0.5) is 0 Å². The third kappa shape index (κ3) is 34.9. The van der Waals surface area contributed by atoms with E-state index in [2.05, 4.69) is 39.0 Å². The molecule has 1 aliphatic carbocycles. The molecule has 0 aromatic heterocycles. The molecule has 1 aliphatic rings.